The van der Waals surface area contributed by atoms with Gasteiger partial charge in [0.2, 0.25) is 5.88 Å². The number of benzene rings is 1. The first-order chi connectivity index (χ1) is 13.2. The molecule has 7 heteroatoms. The molecule has 146 valence electrons. The predicted octanol–water partition coefficient (Wildman–Crippen LogP) is 2.62. The highest BCUT2D eigenvalue weighted by molar-refractivity contribution is 5.79. The van der Waals surface area contributed by atoms with Gasteiger partial charge in [0.05, 0.1) is 27.3 Å². The first-order valence-electron chi connectivity index (χ1n) is 8.97. The van der Waals surface area contributed by atoms with E-state index in [-0.39, 0.29) is 6.10 Å². The van der Waals surface area contributed by atoms with E-state index in [4.69, 9.17) is 14.2 Å². The Kier molecular flexibility index (Phi) is 8.22. The predicted molar refractivity (Wildman–Crippen MR) is 107 cm³/mol. The summed E-state index contributed by atoms with van der Waals surface area (Å²) in [5.41, 5.74) is 1.03. The zero-order valence-corrected chi connectivity index (χ0v) is 16.4. The fraction of sp³-hybridized carbons (Fsp3) is 0.400. The van der Waals surface area contributed by atoms with Crippen molar-refractivity contribution in [2.24, 2.45) is 4.99 Å². The van der Waals surface area contributed by atoms with E-state index in [1.807, 2.05) is 50.2 Å². The van der Waals surface area contributed by atoms with E-state index in [1.165, 1.54) is 0 Å². The zero-order chi connectivity index (χ0) is 19.5. The largest absolute Gasteiger partial charge is 0.493 e. The molecule has 2 rings (SSSR count). The lowest BCUT2D eigenvalue weighted by Crippen LogP contribution is -2.41. The lowest BCUT2D eigenvalue weighted by atomic mass is 10.3. The maximum Gasteiger partial charge on any atom is 0.213 e. The number of guanidine groups is 1. The maximum absolute atomic E-state index is 5.96. The molecule has 1 aromatic carbocycles. The summed E-state index contributed by atoms with van der Waals surface area (Å²) < 4.78 is 16.4. The van der Waals surface area contributed by atoms with E-state index in [1.54, 1.807) is 20.4 Å². The molecule has 0 aliphatic carbocycles. The summed E-state index contributed by atoms with van der Waals surface area (Å²) in [6.07, 6.45) is 1.65. The van der Waals surface area contributed by atoms with Crippen molar-refractivity contribution in [1.82, 2.24) is 15.6 Å². The highest BCUT2D eigenvalue weighted by Crippen LogP contribution is 2.26. The van der Waals surface area contributed by atoms with E-state index in [0.717, 1.165) is 29.6 Å². The van der Waals surface area contributed by atoms with Crippen LogP contribution in [0.2, 0.25) is 0 Å². The molecule has 0 saturated carbocycles. The van der Waals surface area contributed by atoms with Crippen molar-refractivity contribution in [3.8, 4) is 17.4 Å². The molecule has 0 spiro atoms. The molecule has 1 unspecified atom stereocenters. The molecule has 2 aromatic rings. The minimum absolute atomic E-state index is 0.0637. The fourth-order valence-electron chi connectivity index (χ4n) is 2.39. The molecular weight excluding hydrogens is 344 g/mol. The normalized spacial score (nSPS) is 12.2. The number of nitrogens with one attached hydrogen (secondary N) is 2. The van der Waals surface area contributed by atoms with Gasteiger partial charge in [-0.3, -0.25) is 0 Å². The quantitative estimate of drug-likeness (QED) is 0.520. The van der Waals surface area contributed by atoms with Gasteiger partial charge in [-0.15, -0.1) is 0 Å². The van der Waals surface area contributed by atoms with Crippen LogP contribution >= 0.6 is 0 Å². The summed E-state index contributed by atoms with van der Waals surface area (Å²) in [6, 6.07) is 11.4. The molecule has 1 atom stereocenters. The molecular formula is C20H28N4O3. The molecule has 1 aromatic heterocycles. The van der Waals surface area contributed by atoms with Crippen molar-refractivity contribution in [2.45, 2.75) is 26.5 Å². The van der Waals surface area contributed by atoms with Crippen LogP contribution in [0.25, 0.3) is 0 Å². The molecule has 0 aliphatic rings. The van der Waals surface area contributed by atoms with Crippen LogP contribution in [-0.2, 0) is 6.54 Å². The first kappa shape index (κ1) is 20.4. The lowest BCUT2D eigenvalue weighted by Gasteiger charge is -2.19. The van der Waals surface area contributed by atoms with Gasteiger partial charge in [-0.25, -0.2) is 9.98 Å². The molecule has 0 aliphatic heterocycles. The fourth-order valence-corrected chi connectivity index (χ4v) is 2.39. The van der Waals surface area contributed by atoms with Gasteiger partial charge in [0.1, 0.15) is 6.10 Å². The summed E-state index contributed by atoms with van der Waals surface area (Å²) in [5.74, 6) is 2.75. The van der Waals surface area contributed by atoms with Crippen LogP contribution in [0.1, 0.15) is 19.4 Å². The second kappa shape index (κ2) is 10.9. The molecule has 0 amide bonds. The molecule has 0 radical (unpaired) electrons. The highest BCUT2D eigenvalue weighted by Gasteiger charge is 2.09. The molecule has 2 N–H and O–H groups in total. The summed E-state index contributed by atoms with van der Waals surface area (Å²) in [4.78, 5) is 8.71. The SMILES string of the molecule is CCNC(=NCc1ccnc(OC)c1)NCC(C)Oc1ccccc1OC. The van der Waals surface area contributed by atoms with Crippen molar-refractivity contribution in [1.29, 1.82) is 0 Å². The number of hydrogen-bond donors (Lipinski definition) is 2. The van der Waals surface area contributed by atoms with E-state index in [0.29, 0.717) is 19.0 Å². The van der Waals surface area contributed by atoms with Crippen molar-refractivity contribution >= 4 is 5.96 Å². The number of methoxy groups -OCH3 is 2. The van der Waals surface area contributed by atoms with E-state index < -0.39 is 0 Å². The zero-order valence-electron chi connectivity index (χ0n) is 16.4. The summed E-state index contributed by atoms with van der Waals surface area (Å²) in [5, 5.41) is 6.54. The van der Waals surface area contributed by atoms with Crippen LogP contribution in [-0.4, -0.2) is 44.4 Å². The van der Waals surface area contributed by atoms with E-state index >= 15 is 0 Å². The van der Waals surface area contributed by atoms with Crippen molar-refractivity contribution in [3.05, 3.63) is 48.2 Å². The second-order valence-electron chi connectivity index (χ2n) is 5.86. The number of rotatable bonds is 9. The molecule has 0 fully saturated rings. The van der Waals surface area contributed by atoms with Crippen LogP contribution in [0, 0.1) is 0 Å². The monoisotopic (exact) mass is 372 g/mol. The third kappa shape index (κ3) is 6.69. The Labute approximate surface area is 160 Å². The Morgan fingerprint density at radius 3 is 2.59 bits per heavy atom. The van der Waals surface area contributed by atoms with Crippen LogP contribution in [0.15, 0.2) is 47.6 Å². The van der Waals surface area contributed by atoms with Crippen LogP contribution < -0.4 is 24.8 Å². The molecule has 0 saturated heterocycles. The number of aliphatic imine (C=N–C) groups is 1. The number of aromatic nitrogens is 1. The summed E-state index contributed by atoms with van der Waals surface area (Å²) >= 11 is 0. The summed E-state index contributed by atoms with van der Waals surface area (Å²) in [6.45, 7) is 5.92. The number of hydrogen-bond acceptors (Lipinski definition) is 5. The lowest BCUT2D eigenvalue weighted by molar-refractivity contribution is 0.213. The van der Waals surface area contributed by atoms with Crippen LogP contribution in [0.4, 0.5) is 0 Å². The van der Waals surface area contributed by atoms with Gasteiger partial charge in [-0.1, -0.05) is 12.1 Å². The third-order valence-corrected chi connectivity index (χ3v) is 3.73. The Morgan fingerprint density at radius 1 is 1.11 bits per heavy atom. The Morgan fingerprint density at radius 2 is 1.89 bits per heavy atom. The highest BCUT2D eigenvalue weighted by atomic mass is 16.5. The average Bonchev–Trinajstić information content (AvgIpc) is 2.70. The van der Waals surface area contributed by atoms with Crippen molar-refractivity contribution in [2.75, 3.05) is 27.3 Å². The van der Waals surface area contributed by atoms with E-state index in [9.17, 15) is 0 Å². The minimum atomic E-state index is -0.0637. The van der Waals surface area contributed by atoms with Crippen molar-refractivity contribution in [3.63, 3.8) is 0 Å². The number of para-hydroxylation sites is 2. The van der Waals surface area contributed by atoms with Gasteiger partial charge >= 0.3 is 0 Å². The maximum atomic E-state index is 5.96. The standard InChI is InChI=1S/C20H28N4O3/c1-5-21-20(24-14-16-10-11-22-19(12-16)26-4)23-13-15(2)27-18-9-7-6-8-17(18)25-3/h6-12,15H,5,13-14H2,1-4H3,(H2,21,23,24). The van der Waals surface area contributed by atoms with Gasteiger partial charge < -0.3 is 24.8 Å². The average molecular weight is 372 g/mol. The third-order valence-electron chi connectivity index (χ3n) is 3.73. The van der Waals surface area contributed by atoms with Gasteiger partial charge in [-0.2, -0.15) is 0 Å². The Balaban J connectivity index is 1.92. The van der Waals surface area contributed by atoms with Gasteiger partial charge in [0.15, 0.2) is 17.5 Å². The van der Waals surface area contributed by atoms with Crippen LogP contribution in [0.5, 0.6) is 17.4 Å². The summed E-state index contributed by atoms with van der Waals surface area (Å²) in [7, 11) is 3.24. The smallest absolute Gasteiger partial charge is 0.213 e. The topological polar surface area (TPSA) is 77.0 Å². The number of ether oxygens (including phenoxy) is 3. The number of nitrogens with zero attached hydrogens (tertiary/aromatic N) is 2. The molecule has 27 heavy (non-hydrogen) atoms. The Bertz CT molecular complexity index is 737. The first-order valence-corrected chi connectivity index (χ1v) is 8.97. The van der Waals surface area contributed by atoms with Gasteiger partial charge in [0, 0.05) is 18.8 Å². The molecule has 0 bridgehead atoms. The van der Waals surface area contributed by atoms with Gasteiger partial charge in [-0.05, 0) is 37.6 Å². The van der Waals surface area contributed by atoms with Crippen LogP contribution in [0.3, 0.4) is 0 Å². The minimum Gasteiger partial charge on any atom is -0.493 e. The van der Waals surface area contributed by atoms with Crippen molar-refractivity contribution < 1.29 is 14.2 Å². The Hall–Kier alpha value is -2.96. The molecule has 1 heterocycles. The molecule has 7 nitrogen and oxygen atoms in total. The van der Waals surface area contributed by atoms with Gasteiger partial charge in [0.25, 0.3) is 0 Å². The van der Waals surface area contributed by atoms with E-state index in [2.05, 4.69) is 20.6 Å². The number of pyridine rings is 1. The second-order valence-corrected chi connectivity index (χ2v) is 5.86.